The van der Waals surface area contributed by atoms with Crippen LogP contribution in [0.3, 0.4) is 0 Å². The second-order valence-corrected chi connectivity index (χ2v) is 5.55. The number of aromatic amines is 1. The number of anilines is 1. The van der Waals surface area contributed by atoms with Gasteiger partial charge in [0.1, 0.15) is 11.8 Å². The number of hydrogen-bond acceptors (Lipinski definition) is 5. The Bertz CT molecular complexity index is 567. The van der Waals surface area contributed by atoms with Crippen LogP contribution in [0.5, 0.6) is 0 Å². The molecule has 0 aliphatic carbocycles. The van der Waals surface area contributed by atoms with Gasteiger partial charge in [-0.1, -0.05) is 0 Å². The molecule has 1 aliphatic heterocycles. The third kappa shape index (κ3) is 2.55. The van der Waals surface area contributed by atoms with E-state index in [0.717, 1.165) is 35.7 Å². The minimum atomic E-state index is 0.521. The lowest BCUT2D eigenvalue weighted by atomic mass is 10.2. The third-order valence-electron chi connectivity index (χ3n) is 3.90. The predicted molar refractivity (Wildman–Crippen MR) is 80.4 cm³/mol. The van der Waals surface area contributed by atoms with E-state index in [4.69, 9.17) is 5.73 Å². The number of rotatable bonds is 4. The van der Waals surface area contributed by atoms with Crippen molar-refractivity contribution in [3.63, 3.8) is 0 Å². The van der Waals surface area contributed by atoms with Crippen LogP contribution in [0.25, 0.3) is 11.0 Å². The standard InChI is InChI=1S/C13H19N5S/c14-13-12-11(16-8-17-13)10(5-15-12)2-4-18-3-1-9(6-18)7-19/h5,8-9,15,19H,1-4,6-7H2,(H2,14,16,17)/t9-/m1/s1. The summed E-state index contributed by atoms with van der Waals surface area (Å²) in [4.78, 5) is 14.0. The molecule has 102 valence electrons. The molecule has 2 aromatic heterocycles. The first-order valence-electron chi connectivity index (χ1n) is 6.67. The number of aromatic nitrogens is 3. The summed E-state index contributed by atoms with van der Waals surface area (Å²) < 4.78 is 0. The highest BCUT2D eigenvalue weighted by molar-refractivity contribution is 7.80. The number of nitrogens with zero attached hydrogens (tertiary/aromatic N) is 3. The van der Waals surface area contributed by atoms with E-state index in [-0.39, 0.29) is 0 Å². The van der Waals surface area contributed by atoms with Crippen LogP contribution in [-0.4, -0.2) is 45.2 Å². The smallest absolute Gasteiger partial charge is 0.151 e. The molecule has 5 nitrogen and oxygen atoms in total. The molecule has 1 aliphatic rings. The molecule has 0 unspecified atom stereocenters. The molecule has 0 saturated carbocycles. The van der Waals surface area contributed by atoms with Crippen LogP contribution in [0, 0.1) is 5.92 Å². The van der Waals surface area contributed by atoms with Crippen molar-refractivity contribution in [2.24, 2.45) is 5.92 Å². The maximum Gasteiger partial charge on any atom is 0.151 e. The Kier molecular flexibility index (Phi) is 3.61. The van der Waals surface area contributed by atoms with E-state index in [1.165, 1.54) is 31.4 Å². The van der Waals surface area contributed by atoms with Crippen LogP contribution in [0.1, 0.15) is 12.0 Å². The molecule has 0 spiro atoms. The van der Waals surface area contributed by atoms with E-state index in [2.05, 4.69) is 32.5 Å². The van der Waals surface area contributed by atoms with Gasteiger partial charge in [0.15, 0.2) is 5.82 Å². The van der Waals surface area contributed by atoms with Gasteiger partial charge in [0.25, 0.3) is 0 Å². The number of nitrogens with two attached hydrogens (primary N) is 1. The topological polar surface area (TPSA) is 70.8 Å². The molecule has 3 N–H and O–H groups in total. The first-order valence-corrected chi connectivity index (χ1v) is 7.31. The average molecular weight is 277 g/mol. The normalized spacial score (nSPS) is 20.4. The van der Waals surface area contributed by atoms with Crippen molar-refractivity contribution in [3.8, 4) is 0 Å². The van der Waals surface area contributed by atoms with Crippen molar-refractivity contribution < 1.29 is 0 Å². The third-order valence-corrected chi connectivity index (χ3v) is 4.41. The number of nitrogen functional groups attached to an aromatic ring is 1. The molecule has 0 bridgehead atoms. The lowest BCUT2D eigenvalue weighted by Gasteiger charge is -2.14. The zero-order valence-corrected chi connectivity index (χ0v) is 11.7. The number of fused-ring (bicyclic) bond motifs is 1. The molecular weight excluding hydrogens is 258 g/mol. The minimum Gasteiger partial charge on any atom is -0.382 e. The highest BCUT2D eigenvalue weighted by Crippen LogP contribution is 2.21. The summed E-state index contributed by atoms with van der Waals surface area (Å²) in [6, 6.07) is 0. The van der Waals surface area contributed by atoms with Gasteiger partial charge < -0.3 is 15.6 Å². The molecule has 1 atom stereocenters. The van der Waals surface area contributed by atoms with Crippen LogP contribution in [0.4, 0.5) is 5.82 Å². The lowest BCUT2D eigenvalue weighted by molar-refractivity contribution is 0.333. The lowest BCUT2D eigenvalue weighted by Crippen LogP contribution is -2.23. The van der Waals surface area contributed by atoms with Crippen molar-refractivity contribution >= 4 is 29.5 Å². The van der Waals surface area contributed by atoms with E-state index in [1.54, 1.807) is 0 Å². The van der Waals surface area contributed by atoms with Crippen LogP contribution in [0.2, 0.25) is 0 Å². The molecule has 0 amide bonds. The molecule has 1 saturated heterocycles. The molecule has 19 heavy (non-hydrogen) atoms. The van der Waals surface area contributed by atoms with Crippen LogP contribution < -0.4 is 5.73 Å². The summed E-state index contributed by atoms with van der Waals surface area (Å²) in [5.41, 5.74) is 8.85. The van der Waals surface area contributed by atoms with Gasteiger partial charge in [0.05, 0.1) is 5.52 Å². The Labute approximate surface area is 118 Å². The van der Waals surface area contributed by atoms with Crippen molar-refractivity contribution in [3.05, 3.63) is 18.1 Å². The summed E-state index contributed by atoms with van der Waals surface area (Å²) in [5.74, 6) is 2.27. The highest BCUT2D eigenvalue weighted by Gasteiger charge is 2.21. The average Bonchev–Trinajstić information content (AvgIpc) is 3.03. The molecule has 3 heterocycles. The Hall–Kier alpha value is -1.27. The Morgan fingerprint density at radius 1 is 1.47 bits per heavy atom. The molecule has 2 aromatic rings. The first-order chi connectivity index (χ1) is 9.28. The van der Waals surface area contributed by atoms with Gasteiger partial charge in [0, 0.05) is 19.3 Å². The second-order valence-electron chi connectivity index (χ2n) is 5.18. The van der Waals surface area contributed by atoms with Crippen molar-refractivity contribution in [2.45, 2.75) is 12.8 Å². The maximum absolute atomic E-state index is 5.82. The SMILES string of the molecule is Nc1ncnc2c(CCN3CC[C@@H](CS)C3)c[nH]c12. The minimum absolute atomic E-state index is 0.521. The Morgan fingerprint density at radius 2 is 2.37 bits per heavy atom. The Morgan fingerprint density at radius 3 is 3.16 bits per heavy atom. The van der Waals surface area contributed by atoms with Crippen molar-refractivity contribution in [2.75, 3.05) is 31.1 Å². The number of hydrogen-bond donors (Lipinski definition) is 3. The molecule has 0 aromatic carbocycles. The molecule has 1 fully saturated rings. The van der Waals surface area contributed by atoms with E-state index in [9.17, 15) is 0 Å². The van der Waals surface area contributed by atoms with E-state index < -0.39 is 0 Å². The molecule has 0 radical (unpaired) electrons. The summed E-state index contributed by atoms with van der Waals surface area (Å²) in [7, 11) is 0. The highest BCUT2D eigenvalue weighted by atomic mass is 32.1. The summed E-state index contributed by atoms with van der Waals surface area (Å²) in [5, 5.41) is 0. The quantitative estimate of drug-likeness (QED) is 0.738. The summed E-state index contributed by atoms with van der Waals surface area (Å²) >= 11 is 4.38. The van der Waals surface area contributed by atoms with Gasteiger partial charge in [-0.15, -0.1) is 0 Å². The van der Waals surface area contributed by atoms with Gasteiger partial charge in [-0.2, -0.15) is 12.6 Å². The molecule has 3 rings (SSSR count). The van der Waals surface area contributed by atoms with Gasteiger partial charge in [-0.25, -0.2) is 9.97 Å². The molecular formula is C13H19N5S. The van der Waals surface area contributed by atoms with Crippen LogP contribution >= 0.6 is 12.6 Å². The fraction of sp³-hybridized carbons (Fsp3) is 0.538. The summed E-state index contributed by atoms with van der Waals surface area (Å²) in [6.07, 6.45) is 5.80. The van der Waals surface area contributed by atoms with E-state index in [0.29, 0.717) is 5.82 Å². The van der Waals surface area contributed by atoms with Gasteiger partial charge in [-0.3, -0.25) is 0 Å². The van der Waals surface area contributed by atoms with Gasteiger partial charge >= 0.3 is 0 Å². The predicted octanol–water partition coefficient (Wildman–Crippen LogP) is 1.33. The van der Waals surface area contributed by atoms with Crippen molar-refractivity contribution in [1.29, 1.82) is 0 Å². The number of nitrogens with one attached hydrogen (secondary N) is 1. The largest absolute Gasteiger partial charge is 0.382 e. The second kappa shape index (κ2) is 5.38. The zero-order valence-electron chi connectivity index (χ0n) is 10.8. The first kappa shape index (κ1) is 12.7. The number of thiol groups is 1. The van der Waals surface area contributed by atoms with Crippen LogP contribution in [-0.2, 0) is 6.42 Å². The van der Waals surface area contributed by atoms with E-state index in [1.807, 2.05) is 6.20 Å². The van der Waals surface area contributed by atoms with Crippen molar-refractivity contribution in [1.82, 2.24) is 19.9 Å². The van der Waals surface area contributed by atoms with Crippen LogP contribution in [0.15, 0.2) is 12.5 Å². The number of likely N-dealkylation sites (tertiary alicyclic amines) is 1. The van der Waals surface area contributed by atoms with Gasteiger partial charge in [-0.05, 0) is 36.6 Å². The maximum atomic E-state index is 5.82. The van der Waals surface area contributed by atoms with Gasteiger partial charge in [0.2, 0.25) is 0 Å². The fourth-order valence-electron chi connectivity index (χ4n) is 2.75. The molecule has 6 heteroatoms. The number of H-pyrrole nitrogens is 1. The Balaban J connectivity index is 1.68. The fourth-order valence-corrected chi connectivity index (χ4v) is 3.04. The zero-order chi connectivity index (χ0) is 13.2. The van der Waals surface area contributed by atoms with E-state index >= 15 is 0 Å². The monoisotopic (exact) mass is 277 g/mol. The summed E-state index contributed by atoms with van der Waals surface area (Å²) in [6.45, 7) is 3.43.